The molecule has 0 bridgehead atoms. The lowest BCUT2D eigenvalue weighted by Gasteiger charge is -2.07. The summed E-state index contributed by atoms with van der Waals surface area (Å²) in [6.07, 6.45) is 2.25. The zero-order chi connectivity index (χ0) is 15.1. The minimum Gasteiger partial charge on any atom is -0.467 e. The molecule has 112 valence electrons. The third kappa shape index (κ3) is 4.72. The van der Waals surface area contributed by atoms with Gasteiger partial charge in [0, 0.05) is 13.2 Å². The number of carbonyl (C=O) groups is 1. The SMILES string of the molecule is Cc1ccc(C(=O)NCCCOCc2ccco2)c(F)c1. The van der Waals surface area contributed by atoms with Crippen LogP contribution in [0.1, 0.15) is 28.1 Å². The maximum absolute atomic E-state index is 13.6. The lowest BCUT2D eigenvalue weighted by molar-refractivity contribution is 0.0914. The largest absolute Gasteiger partial charge is 0.467 e. The Hall–Kier alpha value is -2.14. The van der Waals surface area contributed by atoms with Gasteiger partial charge in [-0.2, -0.15) is 0 Å². The molecule has 1 aromatic heterocycles. The van der Waals surface area contributed by atoms with Crippen LogP contribution >= 0.6 is 0 Å². The first-order chi connectivity index (χ1) is 10.2. The predicted octanol–water partition coefficient (Wildman–Crippen LogP) is 3.06. The highest BCUT2D eigenvalue weighted by molar-refractivity contribution is 5.94. The van der Waals surface area contributed by atoms with E-state index in [1.54, 1.807) is 25.3 Å². The van der Waals surface area contributed by atoms with E-state index >= 15 is 0 Å². The number of nitrogens with one attached hydrogen (secondary N) is 1. The molecule has 2 rings (SSSR count). The minimum absolute atomic E-state index is 0.0668. The van der Waals surface area contributed by atoms with Gasteiger partial charge in [-0.15, -0.1) is 0 Å². The summed E-state index contributed by atoms with van der Waals surface area (Å²) in [6, 6.07) is 8.19. The van der Waals surface area contributed by atoms with Gasteiger partial charge in [0.25, 0.3) is 5.91 Å². The summed E-state index contributed by atoms with van der Waals surface area (Å²) in [7, 11) is 0. The second-order valence-corrected chi connectivity index (χ2v) is 4.72. The molecule has 21 heavy (non-hydrogen) atoms. The Morgan fingerprint density at radius 2 is 2.24 bits per heavy atom. The number of amides is 1. The Morgan fingerprint density at radius 3 is 2.95 bits per heavy atom. The molecule has 0 aliphatic carbocycles. The highest BCUT2D eigenvalue weighted by atomic mass is 19.1. The zero-order valence-electron chi connectivity index (χ0n) is 11.9. The predicted molar refractivity (Wildman–Crippen MR) is 76.5 cm³/mol. The maximum atomic E-state index is 13.6. The normalized spacial score (nSPS) is 10.6. The molecule has 2 aromatic rings. The number of halogens is 1. The molecule has 1 N–H and O–H groups in total. The number of benzene rings is 1. The van der Waals surface area contributed by atoms with Crippen LogP contribution in [0, 0.1) is 12.7 Å². The van der Waals surface area contributed by atoms with Crippen LogP contribution in [-0.2, 0) is 11.3 Å². The van der Waals surface area contributed by atoms with Crippen molar-refractivity contribution in [3.05, 3.63) is 59.3 Å². The van der Waals surface area contributed by atoms with E-state index in [1.807, 2.05) is 6.07 Å². The first-order valence-electron chi connectivity index (χ1n) is 6.81. The Bertz CT molecular complexity index is 581. The number of hydrogen-bond donors (Lipinski definition) is 1. The van der Waals surface area contributed by atoms with Gasteiger partial charge in [-0.3, -0.25) is 4.79 Å². The van der Waals surface area contributed by atoms with E-state index in [2.05, 4.69) is 5.32 Å². The maximum Gasteiger partial charge on any atom is 0.254 e. The number of rotatable bonds is 7. The molecular weight excluding hydrogens is 273 g/mol. The van der Waals surface area contributed by atoms with E-state index in [-0.39, 0.29) is 5.56 Å². The van der Waals surface area contributed by atoms with E-state index in [0.29, 0.717) is 26.2 Å². The zero-order valence-corrected chi connectivity index (χ0v) is 11.9. The number of hydrogen-bond acceptors (Lipinski definition) is 3. The van der Waals surface area contributed by atoms with Gasteiger partial charge < -0.3 is 14.5 Å². The standard InChI is InChI=1S/C16H18FNO3/c1-12-5-6-14(15(17)10-12)16(19)18-7-3-8-20-11-13-4-2-9-21-13/h2,4-6,9-10H,3,7-8,11H2,1H3,(H,18,19). The van der Waals surface area contributed by atoms with Crippen molar-refractivity contribution in [2.45, 2.75) is 20.0 Å². The highest BCUT2D eigenvalue weighted by Crippen LogP contribution is 2.09. The van der Waals surface area contributed by atoms with Crippen LogP contribution in [0.4, 0.5) is 4.39 Å². The van der Waals surface area contributed by atoms with E-state index in [4.69, 9.17) is 9.15 Å². The average molecular weight is 291 g/mol. The van der Waals surface area contributed by atoms with Crippen molar-refractivity contribution in [1.29, 1.82) is 0 Å². The third-order valence-corrected chi connectivity index (χ3v) is 2.94. The first-order valence-corrected chi connectivity index (χ1v) is 6.81. The number of carbonyl (C=O) groups excluding carboxylic acids is 1. The molecule has 1 heterocycles. The third-order valence-electron chi connectivity index (χ3n) is 2.94. The van der Waals surface area contributed by atoms with Crippen molar-refractivity contribution in [3.63, 3.8) is 0 Å². The fraction of sp³-hybridized carbons (Fsp3) is 0.312. The summed E-state index contributed by atoms with van der Waals surface area (Å²) >= 11 is 0. The average Bonchev–Trinajstić information content (AvgIpc) is 2.95. The summed E-state index contributed by atoms with van der Waals surface area (Å²) in [5, 5.41) is 2.67. The number of ether oxygens (including phenoxy) is 1. The lowest BCUT2D eigenvalue weighted by Crippen LogP contribution is -2.26. The van der Waals surface area contributed by atoms with Crippen molar-refractivity contribution >= 4 is 5.91 Å². The molecule has 0 aliphatic heterocycles. The van der Waals surface area contributed by atoms with Crippen LogP contribution in [0.2, 0.25) is 0 Å². The quantitative estimate of drug-likeness (QED) is 0.798. The van der Waals surface area contributed by atoms with Gasteiger partial charge in [-0.1, -0.05) is 6.07 Å². The van der Waals surface area contributed by atoms with E-state index in [9.17, 15) is 9.18 Å². The van der Waals surface area contributed by atoms with Crippen molar-refractivity contribution < 1.29 is 18.3 Å². The second kappa shape index (κ2) is 7.59. The Balaban J connectivity index is 1.65. The number of aryl methyl sites for hydroxylation is 1. The summed E-state index contributed by atoms with van der Waals surface area (Å²) in [5.74, 6) is -0.138. The molecule has 0 unspecified atom stereocenters. The molecular formula is C16H18FNO3. The molecule has 1 amide bonds. The summed E-state index contributed by atoms with van der Waals surface area (Å²) in [4.78, 5) is 11.8. The minimum atomic E-state index is -0.499. The number of furan rings is 1. The van der Waals surface area contributed by atoms with Gasteiger partial charge in [0.05, 0.1) is 11.8 Å². The first kappa shape index (κ1) is 15.3. The van der Waals surface area contributed by atoms with Crippen LogP contribution < -0.4 is 5.32 Å². The summed E-state index contributed by atoms with van der Waals surface area (Å²) < 4.78 is 24.1. The lowest BCUT2D eigenvalue weighted by atomic mass is 10.1. The van der Waals surface area contributed by atoms with Gasteiger partial charge in [-0.25, -0.2) is 4.39 Å². The molecule has 0 fully saturated rings. The molecule has 5 heteroatoms. The van der Waals surface area contributed by atoms with Crippen LogP contribution in [0.3, 0.4) is 0 Å². The second-order valence-electron chi connectivity index (χ2n) is 4.72. The van der Waals surface area contributed by atoms with Gasteiger partial charge in [0.2, 0.25) is 0 Å². The summed E-state index contributed by atoms with van der Waals surface area (Å²) in [6.45, 7) is 3.12. The molecule has 0 saturated carbocycles. The molecule has 4 nitrogen and oxygen atoms in total. The Labute approximate surface area is 122 Å². The van der Waals surface area contributed by atoms with Gasteiger partial charge in [0.1, 0.15) is 18.2 Å². The Kier molecular flexibility index (Phi) is 5.51. The van der Waals surface area contributed by atoms with E-state index in [0.717, 1.165) is 11.3 Å². The molecule has 0 saturated heterocycles. The summed E-state index contributed by atoms with van der Waals surface area (Å²) in [5.41, 5.74) is 0.854. The van der Waals surface area contributed by atoms with Crippen molar-refractivity contribution in [3.8, 4) is 0 Å². The fourth-order valence-corrected chi connectivity index (χ4v) is 1.84. The van der Waals surface area contributed by atoms with Crippen LogP contribution in [0.15, 0.2) is 41.0 Å². The molecule has 1 aromatic carbocycles. The van der Waals surface area contributed by atoms with Gasteiger partial charge in [0.15, 0.2) is 0 Å². The molecule has 0 spiro atoms. The molecule has 0 radical (unpaired) electrons. The highest BCUT2D eigenvalue weighted by Gasteiger charge is 2.10. The van der Waals surface area contributed by atoms with E-state index < -0.39 is 11.7 Å². The Morgan fingerprint density at radius 1 is 1.38 bits per heavy atom. The van der Waals surface area contributed by atoms with Crippen LogP contribution in [0.5, 0.6) is 0 Å². The molecule has 0 aliphatic rings. The van der Waals surface area contributed by atoms with Crippen LogP contribution in [-0.4, -0.2) is 19.1 Å². The van der Waals surface area contributed by atoms with Crippen molar-refractivity contribution in [2.75, 3.05) is 13.2 Å². The van der Waals surface area contributed by atoms with Crippen LogP contribution in [0.25, 0.3) is 0 Å². The van der Waals surface area contributed by atoms with Crippen molar-refractivity contribution in [1.82, 2.24) is 5.32 Å². The van der Waals surface area contributed by atoms with Gasteiger partial charge >= 0.3 is 0 Å². The topological polar surface area (TPSA) is 51.5 Å². The monoisotopic (exact) mass is 291 g/mol. The smallest absolute Gasteiger partial charge is 0.254 e. The van der Waals surface area contributed by atoms with E-state index in [1.165, 1.54) is 12.1 Å². The fourth-order valence-electron chi connectivity index (χ4n) is 1.84. The molecule has 0 atom stereocenters. The van der Waals surface area contributed by atoms with Gasteiger partial charge in [-0.05, 0) is 43.2 Å². The van der Waals surface area contributed by atoms with Crippen molar-refractivity contribution in [2.24, 2.45) is 0 Å².